The quantitative estimate of drug-likeness (QED) is 0.0188. The third-order valence-corrected chi connectivity index (χ3v) is 21.9. The van der Waals surface area contributed by atoms with Crippen LogP contribution in [0.1, 0.15) is 165 Å². The van der Waals surface area contributed by atoms with E-state index in [-0.39, 0.29) is 41.3 Å². The number of hydrogen-bond acceptors (Lipinski definition) is 21. The number of nitrogens with one attached hydrogen (secondary N) is 4. The van der Waals surface area contributed by atoms with E-state index >= 15 is 0 Å². The number of benzene rings is 12. The Morgan fingerprint density at radius 3 is 1.30 bits per heavy atom. The summed E-state index contributed by atoms with van der Waals surface area (Å²) in [5.41, 5.74) is 22.2. The fraction of sp³-hybridized carbons (Fsp3) is 0.267. The fourth-order valence-corrected chi connectivity index (χ4v) is 15.7. The highest BCUT2D eigenvalue weighted by atomic mass is 16.6. The van der Waals surface area contributed by atoms with Crippen LogP contribution in [-0.4, -0.2) is 125 Å². The number of nitrogens with two attached hydrogens (primary N) is 2. The molecule has 0 bridgehead atoms. The summed E-state index contributed by atoms with van der Waals surface area (Å²) in [7, 11) is 0. The van der Waals surface area contributed by atoms with Crippen LogP contribution in [0.15, 0.2) is 237 Å². The molecule has 28 nitrogen and oxygen atoms in total. The lowest BCUT2D eigenvalue weighted by molar-refractivity contribution is -0.383. The van der Waals surface area contributed by atoms with Gasteiger partial charge in [-0.1, -0.05) is 233 Å². The number of anilines is 3. The number of carbonyl (C=O) groups is 5. The Morgan fingerprint density at radius 1 is 0.465 bits per heavy atom. The number of imidazole rings is 3. The molecule has 15 aromatic rings. The molecule has 21 rings (SSSR count). The summed E-state index contributed by atoms with van der Waals surface area (Å²) in [5, 5.41) is 47.0. The summed E-state index contributed by atoms with van der Waals surface area (Å²) in [4.78, 5) is 90.2. The number of carboxylic acid groups (broad SMARTS) is 2. The molecule has 12 aromatic carbocycles. The van der Waals surface area contributed by atoms with Crippen LogP contribution < -0.4 is 31.0 Å². The minimum absolute atomic E-state index is 0.0632. The summed E-state index contributed by atoms with van der Waals surface area (Å²) >= 11 is 0. The number of Topliss-reactive ketones (excluding diaryl/α,β-unsaturated/α-hetero) is 2. The van der Waals surface area contributed by atoms with E-state index < -0.39 is 40.6 Å². The molecule has 8 heterocycles. The molecule has 6 aliphatic rings. The molecule has 5 aliphatic heterocycles. The lowest BCUT2D eigenvalue weighted by atomic mass is 9.90. The van der Waals surface area contributed by atoms with Crippen LogP contribution in [-0.2, 0) is 57.9 Å². The van der Waals surface area contributed by atoms with Crippen LogP contribution in [0.5, 0.6) is 23.0 Å². The van der Waals surface area contributed by atoms with Gasteiger partial charge in [-0.05, 0) is 80.9 Å². The highest BCUT2D eigenvalue weighted by molar-refractivity contribution is 6.52. The first-order valence-electron chi connectivity index (χ1n) is 43.2. The molecule has 0 saturated carbocycles. The summed E-state index contributed by atoms with van der Waals surface area (Å²) < 4.78 is 45.3. The van der Waals surface area contributed by atoms with Crippen molar-refractivity contribution in [1.82, 2.24) is 29.9 Å². The number of phenolic OH excluding ortho intramolecular Hbond substituents is 1. The smallest absolute Gasteiger partial charge is 0.332 e. The molecule has 5 unspecified atom stereocenters. The number of carboxylic acids is 2. The number of aromatic amines is 3. The van der Waals surface area contributed by atoms with Crippen molar-refractivity contribution in [2.24, 2.45) is 0 Å². The van der Waals surface area contributed by atoms with Crippen molar-refractivity contribution in [2.45, 2.75) is 142 Å². The van der Waals surface area contributed by atoms with Gasteiger partial charge in [-0.3, -0.25) is 29.3 Å². The maximum atomic E-state index is 12.5. The van der Waals surface area contributed by atoms with Crippen LogP contribution >= 0.6 is 0 Å². The number of aromatic nitrogens is 6. The van der Waals surface area contributed by atoms with E-state index in [0.717, 1.165) is 172 Å². The average molecular weight is 1740 g/mol. The molecule has 664 valence electrons. The van der Waals surface area contributed by atoms with Crippen molar-refractivity contribution in [1.29, 1.82) is 0 Å². The van der Waals surface area contributed by atoms with Crippen LogP contribution in [0.4, 0.5) is 22.7 Å². The Bertz CT molecular complexity index is 6410. The Balaban J connectivity index is 0.000000126. The number of rotatable bonds is 16. The molecule has 0 spiro atoms. The Labute approximate surface area is 743 Å². The molecule has 5 saturated heterocycles. The number of ether oxygens (including phenoxy) is 8. The molecule has 28 heteroatoms. The van der Waals surface area contributed by atoms with Crippen molar-refractivity contribution in [2.75, 3.05) is 49.8 Å². The molecule has 11 N–H and O–H groups in total. The van der Waals surface area contributed by atoms with Crippen molar-refractivity contribution in [3.8, 4) is 34.3 Å². The molecule has 1 aliphatic carbocycles. The third kappa shape index (κ3) is 22.5. The van der Waals surface area contributed by atoms with Crippen LogP contribution in [0.2, 0.25) is 0 Å². The zero-order valence-electron chi connectivity index (χ0n) is 71.7. The first-order chi connectivity index (χ1) is 62.8. The molecule has 0 radical (unpaired) electrons. The average Bonchev–Trinajstić information content (AvgIpc) is 1.55. The van der Waals surface area contributed by atoms with E-state index in [1.54, 1.807) is 36.4 Å². The van der Waals surface area contributed by atoms with Crippen molar-refractivity contribution >= 4 is 117 Å². The number of H-pyrrole nitrogens is 3. The maximum absolute atomic E-state index is 12.5. The number of aliphatic carboxylic acids is 2. The number of aromatic hydroxyl groups is 1. The van der Waals surface area contributed by atoms with Gasteiger partial charge in [-0.15, -0.1) is 0 Å². The number of nitrogen functional groups attached to an aromatic ring is 2. The number of nitrogens with zero attached hydrogens (tertiary/aromatic N) is 4. The van der Waals surface area contributed by atoms with E-state index in [1.165, 1.54) is 12.5 Å². The fourth-order valence-electron chi connectivity index (χ4n) is 15.7. The number of carbonyl (C=O) groups excluding carboxylic acids is 3. The minimum Gasteiger partial charge on any atom is -0.507 e. The second kappa shape index (κ2) is 43.7. The summed E-state index contributed by atoms with van der Waals surface area (Å²) in [6.45, 7) is 10.2. The molecular weight excluding hydrogens is 1640 g/mol. The van der Waals surface area contributed by atoms with Gasteiger partial charge in [0, 0.05) is 112 Å². The van der Waals surface area contributed by atoms with Gasteiger partial charge >= 0.3 is 5.97 Å². The first-order valence-corrected chi connectivity index (χ1v) is 43.2. The number of phenols is 1. The van der Waals surface area contributed by atoms with E-state index in [4.69, 9.17) is 69.4 Å². The zero-order chi connectivity index (χ0) is 90.3. The number of nitro groups is 1. The van der Waals surface area contributed by atoms with Crippen molar-refractivity contribution < 1.29 is 82.1 Å². The van der Waals surface area contributed by atoms with Crippen molar-refractivity contribution in [3.05, 3.63) is 292 Å². The largest absolute Gasteiger partial charge is 0.507 e. The van der Waals surface area contributed by atoms with E-state index in [1.807, 2.05) is 164 Å². The first kappa shape index (κ1) is 90.8. The van der Waals surface area contributed by atoms with E-state index in [9.17, 15) is 34.4 Å². The molecular formula is C101H102N10O18. The number of hydrogen-bond donors (Lipinski definition) is 9. The zero-order valence-corrected chi connectivity index (χ0v) is 71.7. The van der Waals surface area contributed by atoms with Crippen LogP contribution in [0, 0.1) is 10.1 Å². The van der Waals surface area contributed by atoms with Crippen LogP contribution in [0.3, 0.4) is 0 Å². The lowest BCUT2D eigenvalue weighted by Gasteiger charge is -2.17. The highest BCUT2D eigenvalue weighted by Gasteiger charge is 2.36. The topological polar surface area (TPSA) is 413 Å². The van der Waals surface area contributed by atoms with Gasteiger partial charge in [0.1, 0.15) is 102 Å². The van der Waals surface area contributed by atoms with Crippen molar-refractivity contribution in [3.63, 3.8) is 0 Å². The minimum atomic E-state index is -0.833. The van der Waals surface area contributed by atoms with Gasteiger partial charge in [-0.25, -0.2) is 19.7 Å². The van der Waals surface area contributed by atoms with Gasteiger partial charge in [-0.2, -0.15) is 0 Å². The molecule has 129 heavy (non-hydrogen) atoms. The second-order valence-corrected chi connectivity index (χ2v) is 31.3. The number of amides is 1. The lowest BCUT2D eigenvalue weighted by Crippen LogP contribution is -2.27. The summed E-state index contributed by atoms with van der Waals surface area (Å²) in [6, 6.07) is 74.9. The number of ketones is 2. The van der Waals surface area contributed by atoms with Gasteiger partial charge in [0.05, 0.1) is 44.4 Å². The molecule has 5 fully saturated rings. The van der Waals surface area contributed by atoms with E-state index in [0.29, 0.717) is 103 Å². The normalized spacial score (nSPS) is 16.9. The Hall–Kier alpha value is -14.4. The standard InChI is InChI=1S/C22H22N2O3.C22H20N2O2.C17H14N2O3.C15H12N2O3.C15H14N2O2.C5H8O3.C3H8.C2H4O2/c23-18-13-20(27-14-15-7-2-1-3-8-15)16-9-4-5-10-17(16)21(18)24-22(25)19-11-6-12-26-19;1-2-7-15(8-3-1)14-26-20-13-18-21(17-10-5-4-9-16(17)20)24-22(23-18)19-11-6-12-25-19;18-17-14-9-5-4-8-13(14)16(10-15(17)19(20)21)22-11-12-6-2-1-3-7-12;18-13-9-5-2-1-4-8(9)11-12(14(13)19)17-15(16-11)10-6-3-7-20-10;18-12-8-11-14(10-5-2-1-4-9(10)12)17-15(16-11)13-6-3-7-19-13;6-5(7)4-2-1-3-8-4;1-3-2;1-2(3)4/h1-5,7-10,13,19H,6,11-12,14,23H2,(H,24,25);1-5,7-10,13,19H,6,11-12,14H2,(H,23,24);1-10H,11,18H2;1-2,4-5,10H,3,6-7H2,(H,16,17);1-2,4-5,8,13,18H,3,6-7H2,(H,16,17);4H,1-3H2,(H,6,7);3H2,1-2H3;1H3,(H,3,4). The van der Waals surface area contributed by atoms with E-state index in [2.05, 4.69) is 74.4 Å². The predicted octanol–water partition coefficient (Wildman–Crippen LogP) is 20.5. The molecule has 1 amide bonds. The highest BCUT2D eigenvalue weighted by Crippen LogP contribution is 2.43. The van der Waals surface area contributed by atoms with Gasteiger partial charge < -0.3 is 85.0 Å². The van der Waals surface area contributed by atoms with Gasteiger partial charge in [0.25, 0.3) is 23.3 Å². The Morgan fingerprint density at radius 2 is 0.845 bits per heavy atom. The monoisotopic (exact) mass is 1740 g/mol. The SMILES string of the molecule is CC(=O)O.CCC.Nc1c([N+](=O)[O-])cc(OCc2ccccc2)c2ccccc12.Nc1cc(OCc2ccccc2)c2ccccc2c1NC(=O)C1CCCO1.O=C(O)C1CCCO1.O=C1C(=O)c2[nH]c(C3CCCO3)nc2-c2ccccc21.Oc1cc2[nH]c(C3CCCO3)nc2c2ccccc12.c1ccc(COc2cc3[nH]c(C4CCCO4)nc3c3ccccc23)cc1. The predicted molar refractivity (Wildman–Crippen MR) is 495 cm³/mol. The van der Waals surface area contributed by atoms with Crippen LogP contribution in [0.25, 0.3) is 76.4 Å². The molecule has 5 atom stereocenters. The second-order valence-electron chi connectivity index (χ2n) is 31.3. The summed E-state index contributed by atoms with van der Waals surface area (Å²) in [6.07, 6.45) is 9.64. The van der Waals surface area contributed by atoms with Gasteiger partial charge in [0.2, 0.25) is 5.78 Å². The maximum Gasteiger partial charge on any atom is 0.332 e. The third-order valence-electron chi connectivity index (χ3n) is 21.9. The van der Waals surface area contributed by atoms with Gasteiger partial charge in [0.15, 0.2) is 6.10 Å². The number of fused-ring (bicyclic) bond motifs is 11. The Kier molecular flexibility index (Phi) is 30.7. The summed E-state index contributed by atoms with van der Waals surface area (Å²) in [5.74, 6) is 1.93. The molecule has 3 aromatic heterocycles. The number of nitro benzene ring substituents is 1.